The number of amides is 1. The number of carbonyl (C=O) groups is 1. The molecular weight excluding hydrogens is 338 g/mol. The van der Waals surface area contributed by atoms with Crippen LogP contribution in [0.15, 0.2) is 36.4 Å². The summed E-state index contributed by atoms with van der Waals surface area (Å²) in [4.78, 5) is 12.8. The summed E-state index contributed by atoms with van der Waals surface area (Å²) < 4.78 is 12.0. The molecule has 0 radical (unpaired) electrons. The summed E-state index contributed by atoms with van der Waals surface area (Å²) in [7, 11) is 0. The van der Waals surface area contributed by atoms with Crippen LogP contribution in [-0.2, 0) is 4.79 Å². The molecule has 1 aliphatic heterocycles. The van der Waals surface area contributed by atoms with Gasteiger partial charge in [0, 0.05) is 12.0 Å². The minimum atomic E-state index is -0.578. The summed E-state index contributed by atoms with van der Waals surface area (Å²) in [5, 5.41) is 3.16. The molecule has 0 spiro atoms. The van der Waals surface area contributed by atoms with Gasteiger partial charge in [-0.15, -0.1) is 0 Å². The Kier molecular flexibility index (Phi) is 5.18. The van der Waals surface area contributed by atoms with E-state index in [0.29, 0.717) is 6.42 Å². The summed E-state index contributed by atoms with van der Waals surface area (Å²) in [6.07, 6.45) is 0.136. The Hall–Kier alpha value is -2.49. The predicted molar refractivity (Wildman–Crippen MR) is 107 cm³/mol. The number of hydrogen-bond donors (Lipinski definition) is 1. The molecule has 3 rings (SSSR count). The maximum atomic E-state index is 12.8. The lowest BCUT2D eigenvalue weighted by Gasteiger charge is -2.38. The molecule has 0 bridgehead atoms. The molecule has 1 heterocycles. The first-order chi connectivity index (χ1) is 12.6. The zero-order chi connectivity index (χ0) is 19.8. The van der Waals surface area contributed by atoms with Gasteiger partial charge in [-0.2, -0.15) is 0 Å². The highest BCUT2D eigenvalue weighted by Gasteiger charge is 2.35. The van der Waals surface area contributed by atoms with Crippen molar-refractivity contribution in [3.63, 3.8) is 0 Å². The number of ether oxygens (including phenoxy) is 2. The SMILES string of the molecule is Cc1ccc(O[C@@H](C)C(=O)N[C@H]2CC(C)(C)Oc3ccc(C)cc32)c(C)c1. The number of rotatable bonds is 4. The fourth-order valence-corrected chi connectivity index (χ4v) is 3.57. The molecule has 2 atom stereocenters. The normalized spacial score (nSPS) is 18.8. The van der Waals surface area contributed by atoms with Crippen LogP contribution in [0.1, 0.15) is 55.5 Å². The summed E-state index contributed by atoms with van der Waals surface area (Å²) in [5.74, 6) is 1.46. The first-order valence-electron chi connectivity index (χ1n) is 9.48. The van der Waals surface area contributed by atoms with Gasteiger partial charge in [0.2, 0.25) is 0 Å². The molecule has 0 saturated heterocycles. The van der Waals surface area contributed by atoms with Crippen LogP contribution in [0.2, 0.25) is 0 Å². The molecule has 4 nitrogen and oxygen atoms in total. The highest BCUT2D eigenvalue weighted by atomic mass is 16.5. The van der Waals surface area contributed by atoms with Gasteiger partial charge in [0.15, 0.2) is 6.10 Å². The molecule has 2 aromatic carbocycles. The third kappa shape index (κ3) is 4.44. The summed E-state index contributed by atoms with van der Waals surface area (Å²) in [6, 6.07) is 12.0. The maximum Gasteiger partial charge on any atom is 0.261 e. The van der Waals surface area contributed by atoms with E-state index < -0.39 is 6.10 Å². The standard InChI is InChI=1S/C23H29NO3/c1-14-7-9-20(16(3)11-14)26-17(4)22(25)24-19-13-23(5,6)27-21-10-8-15(2)12-18(19)21/h7-12,17,19H,13H2,1-6H3,(H,24,25)/t17-,19-/m0/s1. The quantitative estimate of drug-likeness (QED) is 0.844. The van der Waals surface area contributed by atoms with Crippen molar-refractivity contribution >= 4 is 5.91 Å². The van der Waals surface area contributed by atoms with Crippen LogP contribution in [0.3, 0.4) is 0 Å². The van der Waals surface area contributed by atoms with Crippen molar-refractivity contribution in [2.45, 2.75) is 65.7 Å². The lowest BCUT2D eigenvalue weighted by Crippen LogP contribution is -2.44. The highest BCUT2D eigenvalue weighted by molar-refractivity contribution is 5.81. The van der Waals surface area contributed by atoms with E-state index in [1.165, 1.54) is 5.56 Å². The molecule has 144 valence electrons. The predicted octanol–water partition coefficient (Wildman–Crippen LogP) is 4.80. The molecule has 0 unspecified atom stereocenters. The van der Waals surface area contributed by atoms with Gasteiger partial charge < -0.3 is 14.8 Å². The second-order valence-corrected chi connectivity index (χ2v) is 8.20. The lowest BCUT2D eigenvalue weighted by molar-refractivity contribution is -0.128. The Morgan fingerprint density at radius 1 is 1.15 bits per heavy atom. The average Bonchev–Trinajstić information content (AvgIpc) is 2.57. The van der Waals surface area contributed by atoms with Crippen molar-refractivity contribution in [2.75, 3.05) is 0 Å². The van der Waals surface area contributed by atoms with Crippen LogP contribution in [-0.4, -0.2) is 17.6 Å². The van der Waals surface area contributed by atoms with E-state index >= 15 is 0 Å². The number of nitrogens with one attached hydrogen (secondary N) is 1. The monoisotopic (exact) mass is 367 g/mol. The van der Waals surface area contributed by atoms with E-state index in [-0.39, 0.29) is 17.6 Å². The Balaban J connectivity index is 1.76. The first-order valence-corrected chi connectivity index (χ1v) is 9.48. The molecule has 1 aliphatic rings. The number of aryl methyl sites for hydroxylation is 3. The minimum Gasteiger partial charge on any atom is -0.487 e. The van der Waals surface area contributed by atoms with E-state index in [4.69, 9.17) is 9.47 Å². The Labute approximate surface area is 161 Å². The molecule has 4 heteroatoms. The zero-order valence-electron chi connectivity index (χ0n) is 17.1. The van der Waals surface area contributed by atoms with E-state index in [1.54, 1.807) is 6.92 Å². The van der Waals surface area contributed by atoms with Crippen LogP contribution in [0.5, 0.6) is 11.5 Å². The molecule has 27 heavy (non-hydrogen) atoms. The zero-order valence-corrected chi connectivity index (χ0v) is 17.1. The summed E-state index contributed by atoms with van der Waals surface area (Å²) >= 11 is 0. The van der Waals surface area contributed by atoms with E-state index in [0.717, 1.165) is 28.2 Å². The molecule has 1 amide bonds. The van der Waals surface area contributed by atoms with E-state index in [1.807, 2.05) is 58.9 Å². The lowest BCUT2D eigenvalue weighted by atomic mass is 9.89. The Bertz CT molecular complexity index is 857. The number of hydrogen-bond acceptors (Lipinski definition) is 3. The summed E-state index contributed by atoms with van der Waals surface area (Å²) in [5.41, 5.74) is 4.05. The van der Waals surface area contributed by atoms with Crippen LogP contribution in [0.4, 0.5) is 0 Å². The van der Waals surface area contributed by atoms with Gasteiger partial charge in [-0.05, 0) is 59.2 Å². The second-order valence-electron chi connectivity index (χ2n) is 8.20. The van der Waals surface area contributed by atoms with Crippen molar-refractivity contribution < 1.29 is 14.3 Å². The van der Waals surface area contributed by atoms with Gasteiger partial charge in [0.05, 0.1) is 6.04 Å². The first kappa shape index (κ1) is 19.3. The maximum absolute atomic E-state index is 12.8. The number of fused-ring (bicyclic) bond motifs is 1. The molecule has 0 aromatic heterocycles. The largest absolute Gasteiger partial charge is 0.487 e. The molecule has 0 fully saturated rings. The van der Waals surface area contributed by atoms with Crippen molar-refractivity contribution in [3.8, 4) is 11.5 Å². The fourth-order valence-electron chi connectivity index (χ4n) is 3.57. The molecular formula is C23H29NO3. The third-order valence-electron chi connectivity index (χ3n) is 4.94. The third-order valence-corrected chi connectivity index (χ3v) is 4.94. The van der Waals surface area contributed by atoms with E-state index in [2.05, 4.69) is 17.4 Å². The van der Waals surface area contributed by atoms with Gasteiger partial charge in [0.25, 0.3) is 5.91 Å². The van der Waals surface area contributed by atoms with E-state index in [9.17, 15) is 4.79 Å². The Morgan fingerprint density at radius 2 is 1.81 bits per heavy atom. The van der Waals surface area contributed by atoms with Crippen molar-refractivity contribution in [1.29, 1.82) is 0 Å². The van der Waals surface area contributed by atoms with Crippen LogP contribution in [0.25, 0.3) is 0 Å². The minimum absolute atomic E-state index is 0.0960. The molecule has 2 aromatic rings. The van der Waals surface area contributed by atoms with Crippen molar-refractivity contribution in [2.24, 2.45) is 0 Å². The topological polar surface area (TPSA) is 47.6 Å². The fraction of sp³-hybridized carbons (Fsp3) is 0.435. The smallest absolute Gasteiger partial charge is 0.261 e. The molecule has 0 saturated carbocycles. The Morgan fingerprint density at radius 3 is 2.52 bits per heavy atom. The van der Waals surface area contributed by atoms with Gasteiger partial charge in [-0.25, -0.2) is 0 Å². The van der Waals surface area contributed by atoms with Gasteiger partial charge >= 0.3 is 0 Å². The highest BCUT2D eigenvalue weighted by Crippen LogP contribution is 2.39. The molecule has 0 aliphatic carbocycles. The van der Waals surface area contributed by atoms with Crippen LogP contribution >= 0.6 is 0 Å². The van der Waals surface area contributed by atoms with Crippen LogP contribution in [0, 0.1) is 20.8 Å². The average molecular weight is 367 g/mol. The number of benzene rings is 2. The van der Waals surface area contributed by atoms with Crippen molar-refractivity contribution in [3.05, 3.63) is 58.7 Å². The van der Waals surface area contributed by atoms with Gasteiger partial charge in [-0.3, -0.25) is 4.79 Å². The van der Waals surface area contributed by atoms with Gasteiger partial charge in [0.1, 0.15) is 17.1 Å². The summed E-state index contributed by atoms with van der Waals surface area (Å²) in [6.45, 7) is 12.0. The second kappa shape index (κ2) is 7.26. The van der Waals surface area contributed by atoms with Gasteiger partial charge in [-0.1, -0.05) is 35.4 Å². The number of carbonyl (C=O) groups excluding carboxylic acids is 1. The van der Waals surface area contributed by atoms with Crippen LogP contribution < -0.4 is 14.8 Å². The van der Waals surface area contributed by atoms with Crippen molar-refractivity contribution in [1.82, 2.24) is 5.32 Å². The molecule has 1 N–H and O–H groups in total.